The van der Waals surface area contributed by atoms with E-state index in [9.17, 15) is 14.4 Å². The highest BCUT2D eigenvalue weighted by molar-refractivity contribution is 5.94. The lowest BCUT2D eigenvalue weighted by atomic mass is 9.97. The van der Waals surface area contributed by atoms with Gasteiger partial charge in [-0.25, -0.2) is 0 Å². The molecule has 1 fully saturated rings. The number of hydrogen-bond acceptors (Lipinski definition) is 5. The number of carbonyl (C=O) groups excluding carboxylic acids is 3. The molecule has 0 aliphatic carbocycles. The second kappa shape index (κ2) is 7.76. The lowest BCUT2D eigenvalue weighted by Gasteiger charge is -2.31. The zero-order valence-electron chi connectivity index (χ0n) is 13.4. The first kappa shape index (κ1) is 17.0. The number of amides is 1. The van der Waals surface area contributed by atoms with Gasteiger partial charge in [0.1, 0.15) is 5.75 Å². The second-order valence-electron chi connectivity index (χ2n) is 5.46. The van der Waals surface area contributed by atoms with Crippen molar-refractivity contribution in [2.24, 2.45) is 5.92 Å². The van der Waals surface area contributed by atoms with Crippen LogP contribution < -0.4 is 4.74 Å². The van der Waals surface area contributed by atoms with Gasteiger partial charge in [0.2, 0.25) is 0 Å². The summed E-state index contributed by atoms with van der Waals surface area (Å²) in [5.41, 5.74) is 0.505. The van der Waals surface area contributed by atoms with Crippen molar-refractivity contribution in [3.8, 4) is 5.75 Å². The van der Waals surface area contributed by atoms with Gasteiger partial charge in [0.25, 0.3) is 5.91 Å². The molecular formula is C17H21NO5. The standard InChI is InChI=1S/C17H21NO5/c1-3-22-17(21)14-5-4-10-18(11-14)16(20)13-6-8-15(9-7-13)23-12(2)19/h6-9,14H,3-5,10-11H2,1-2H3/t14-/m1/s1. The molecule has 0 saturated carbocycles. The van der Waals surface area contributed by atoms with Gasteiger partial charge in [0.15, 0.2) is 0 Å². The number of carbonyl (C=O) groups is 3. The summed E-state index contributed by atoms with van der Waals surface area (Å²) in [5, 5.41) is 0. The molecule has 6 heteroatoms. The van der Waals surface area contributed by atoms with Gasteiger partial charge in [0, 0.05) is 25.6 Å². The van der Waals surface area contributed by atoms with E-state index in [0.29, 0.717) is 31.0 Å². The van der Waals surface area contributed by atoms with E-state index >= 15 is 0 Å². The largest absolute Gasteiger partial charge is 0.466 e. The molecule has 1 saturated heterocycles. The molecule has 1 heterocycles. The molecule has 1 atom stereocenters. The smallest absolute Gasteiger partial charge is 0.310 e. The van der Waals surface area contributed by atoms with Gasteiger partial charge in [-0.05, 0) is 44.0 Å². The van der Waals surface area contributed by atoms with E-state index in [1.54, 1.807) is 36.1 Å². The zero-order chi connectivity index (χ0) is 16.8. The van der Waals surface area contributed by atoms with Gasteiger partial charge in [-0.2, -0.15) is 0 Å². The van der Waals surface area contributed by atoms with Gasteiger partial charge < -0.3 is 14.4 Å². The molecule has 6 nitrogen and oxygen atoms in total. The van der Waals surface area contributed by atoms with Crippen LogP contribution in [0.1, 0.15) is 37.0 Å². The zero-order valence-corrected chi connectivity index (χ0v) is 13.4. The minimum Gasteiger partial charge on any atom is -0.466 e. The first-order valence-corrected chi connectivity index (χ1v) is 7.75. The Hall–Kier alpha value is -2.37. The Morgan fingerprint density at radius 2 is 1.91 bits per heavy atom. The lowest BCUT2D eigenvalue weighted by molar-refractivity contribution is -0.149. The molecule has 1 aliphatic heterocycles. The maximum atomic E-state index is 12.5. The molecule has 1 aromatic rings. The van der Waals surface area contributed by atoms with Crippen LogP contribution in [0.4, 0.5) is 0 Å². The molecule has 0 aromatic heterocycles. The molecule has 0 bridgehead atoms. The van der Waals surface area contributed by atoms with E-state index in [0.717, 1.165) is 12.8 Å². The molecule has 23 heavy (non-hydrogen) atoms. The van der Waals surface area contributed by atoms with Gasteiger partial charge in [-0.3, -0.25) is 14.4 Å². The summed E-state index contributed by atoms with van der Waals surface area (Å²) in [7, 11) is 0. The molecule has 0 radical (unpaired) electrons. The second-order valence-corrected chi connectivity index (χ2v) is 5.46. The highest BCUT2D eigenvalue weighted by Crippen LogP contribution is 2.21. The summed E-state index contributed by atoms with van der Waals surface area (Å²) < 4.78 is 9.99. The highest BCUT2D eigenvalue weighted by atomic mass is 16.5. The van der Waals surface area contributed by atoms with Crippen molar-refractivity contribution < 1.29 is 23.9 Å². The third-order valence-corrected chi connectivity index (χ3v) is 3.69. The third kappa shape index (κ3) is 4.55. The van der Waals surface area contributed by atoms with Crippen molar-refractivity contribution in [1.29, 1.82) is 0 Å². The maximum Gasteiger partial charge on any atom is 0.310 e. The van der Waals surface area contributed by atoms with Crippen LogP contribution in [0.15, 0.2) is 24.3 Å². The Balaban J connectivity index is 2.01. The number of nitrogens with zero attached hydrogens (tertiary/aromatic N) is 1. The first-order valence-electron chi connectivity index (χ1n) is 7.75. The number of rotatable bonds is 4. The molecule has 2 rings (SSSR count). The van der Waals surface area contributed by atoms with Crippen LogP contribution in [-0.4, -0.2) is 42.4 Å². The van der Waals surface area contributed by atoms with Crippen LogP contribution in [0.5, 0.6) is 5.75 Å². The van der Waals surface area contributed by atoms with Crippen LogP contribution in [0.2, 0.25) is 0 Å². The summed E-state index contributed by atoms with van der Waals surface area (Å²) in [4.78, 5) is 36.9. The summed E-state index contributed by atoms with van der Waals surface area (Å²) in [6.45, 7) is 4.45. The molecule has 1 aromatic carbocycles. The molecule has 0 unspecified atom stereocenters. The number of likely N-dealkylation sites (tertiary alicyclic amines) is 1. The monoisotopic (exact) mass is 319 g/mol. The van der Waals surface area contributed by atoms with Crippen LogP contribution >= 0.6 is 0 Å². The van der Waals surface area contributed by atoms with Crippen molar-refractivity contribution >= 4 is 17.8 Å². The Labute approximate surface area is 135 Å². The number of benzene rings is 1. The molecule has 1 amide bonds. The predicted octanol–water partition coefficient (Wildman–Crippen LogP) is 2.03. The van der Waals surface area contributed by atoms with Gasteiger partial charge in [0.05, 0.1) is 12.5 Å². The molecule has 0 spiro atoms. The van der Waals surface area contributed by atoms with Crippen molar-refractivity contribution in [2.45, 2.75) is 26.7 Å². The summed E-state index contributed by atoms with van der Waals surface area (Å²) in [6, 6.07) is 6.41. The Morgan fingerprint density at radius 3 is 2.52 bits per heavy atom. The first-order chi connectivity index (χ1) is 11.0. The predicted molar refractivity (Wildman–Crippen MR) is 83.0 cm³/mol. The molecule has 124 valence electrons. The van der Waals surface area contributed by atoms with E-state index in [2.05, 4.69) is 0 Å². The maximum absolute atomic E-state index is 12.5. The van der Waals surface area contributed by atoms with E-state index in [1.165, 1.54) is 6.92 Å². The quantitative estimate of drug-likeness (QED) is 0.627. The third-order valence-electron chi connectivity index (χ3n) is 3.69. The fourth-order valence-electron chi connectivity index (χ4n) is 2.63. The Bertz CT molecular complexity index is 581. The van der Waals surface area contributed by atoms with Gasteiger partial charge in [-0.1, -0.05) is 0 Å². The average Bonchev–Trinajstić information content (AvgIpc) is 2.55. The van der Waals surface area contributed by atoms with Crippen molar-refractivity contribution in [1.82, 2.24) is 4.90 Å². The Kier molecular flexibility index (Phi) is 5.73. The van der Waals surface area contributed by atoms with E-state index in [1.807, 2.05) is 0 Å². The van der Waals surface area contributed by atoms with Crippen molar-refractivity contribution in [3.63, 3.8) is 0 Å². The number of piperidine rings is 1. The van der Waals surface area contributed by atoms with E-state index in [4.69, 9.17) is 9.47 Å². The normalized spacial score (nSPS) is 17.5. The molecule has 1 aliphatic rings. The number of esters is 2. The topological polar surface area (TPSA) is 72.9 Å². The minimum absolute atomic E-state index is 0.131. The summed E-state index contributed by atoms with van der Waals surface area (Å²) in [5.74, 6) is -0.633. The highest BCUT2D eigenvalue weighted by Gasteiger charge is 2.29. The van der Waals surface area contributed by atoms with Gasteiger partial charge in [-0.15, -0.1) is 0 Å². The van der Waals surface area contributed by atoms with Gasteiger partial charge >= 0.3 is 11.9 Å². The summed E-state index contributed by atoms with van der Waals surface area (Å²) in [6.07, 6.45) is 1.52. The number of hydrogen-bond donors (Lipinski definition) is 0. The lowest BCUT2D eigenvalue weighted by Crippen LogP contribution is -2.42. The van der Waals surface area contributed by atoms with E-state index < -0.39 is 5.97 Å². The van der Waals surface area contributed by atoms with Crippen LogP contribution in [-0.2, 0) is 14.3 Å². The fraction of sp³-hybridized carbons (Fsp3) is 0.471. The molecular weight excluding hydrogens is 298 g/mol. The van der Waals surface area contributed by atoms with Crippen LogP contribution in [0, 0.1) is 5.92 Å². The fourth-order valence-corrected chi connectivity index (χ4v) is 2.63. The Morgan fingerprint density at radius 1 is 1.22 bits per heavy atom. The minimum atomic E-state index is -0.405. The van der Waals surface area contributed by atoms with E-state index in [-0.39, 0.29) is 17.8 Å². The van der Waals surface area contributed by atoms with Crippen LogP contribution in [0.3, 0.4) is 0 Å². The van der Waals surface area contributed by atoms with Crippen LogP contribution in [0.25, 0.3) is 0 Å². The van der Waals surface area contributed by atoms with Crippen molar-refractivity contribution in [2.75, 3.05) is 19.7 Å². The molecule has 0 N–H and O–H groups in total. The average molecular weight is 319 g/mol. The summed E-state index contributed by atoms with van der Waals surface area (Å²) >= 11 is 0. The van der Waals surface area contributed by atoms with Crippen molar-refractivity contribution in [3.05, 3.63) is 29.8 Å². The number of ether oxygens (including phenoxy) is 2. The SMILES string of the molecule is CCOC(=O)[C@@H]1CCCN(C(=O)c2ccc(OC(C)=O)cc2)C1.